The fourth-order valence-electron chi connectivity index (χ4n) is 3.56. The molecule has 0 aliphatic carbocycles. The Morgan fingerprint density at radius 3 is 2.71 bits per heavy atom. The number of amides is 1. The van der Waals surface area contributed by atoms with Crippen LogP contribution in [0.2, 0.25) is 5.02 Å². The highest BCUT2D eigenvalue weighted by Crippen LogP contribution is 2.33. The summed E-state index contributed by atoms with van der Waals surface area (Å²) < 4.78 is 14.5. The number of nitrogens with one attached hydrogen (secondary N) is 2. The van der Waals surface area contributed by atoms with E-state index in [9.17, 15) is 14.3 Å². The van der Waals surface area contributed by atoms with Gasteiger partial charge in [-0.05, 0) is 26.0 Å². The molecule has 2 aromatic heterocycles. The topological polar surface area (TPSA) is 100 Å². The van der Waals surface area contributed by atoms with Gasteiger partial charge < -0.3 is 15.7 Å². The lowest BCUT2D eigenvalue weighted by molar-refractivity contribution is -0.121. The lowest BCUT2D eigenvalue weighted by atomic mass is 9.88. The molecule has 1 saturated heterocycles. The van der Waals surface area contributed by atoms with Crippen LogP contribution in [0.5, 0.6) is 0 Å². The molecule has 3 aromatic rings. The van der Waals surface area contributed by atoms with E-state index in [1.165, 1.54) is 11.3 Å². The van der Waals surface area contributed by atoms with Crippen LogP contribution in [0.3, 0.4) is 0 Å². The predicted octanol–water partition coefficient (Wildman–Crippen LogP) is 3.78. The van der Waals surface area contributed by atoms with Crippen LogP contribution in [0.4, 0.5) is 10.3 Å². The van der Waals surface area contributed by atoms with E-state index in [0.717, 1.165) is 21.6 Å². The molecule has 1 fully saturated rings. The average Bonchev–Trinajstić information content (AvgIpc) is 3.37. The van der Waals surface area contributed by atoms with Gasteiger partial charge in [0.05, 0.1) is 30.0 Å². The minimum absolute atomic E-state index is 0.0169. The number of carbonyl (C=O) groups is 1. The third-order valence-corrected chi connectivity index (χ3v) is 6.78. The van der Waals surface area contributed by atoms with Gasteiger partial charge in [0, 0.05) is 34.1 Å². The van der Waals surface area contributed by atoms with Gasteiger partial charge in [-0.25, -0.2) is 19.3 Å². The first-order valence-corrected chi connectivity index (χ1v) is 11.0. The van der Waals surface area contributed by atoms with E-state index < -0.39 is 23.8 Å². The van der Waals surface area contributed by atoms with Gasteiger partial charge in [0.15, 0.2) is 5.82 Å². The SMILES string of the molecule is C[C@H](Nc1ncc(F)c([C@@H]2C(=O)NCC2[C@@H](C)O)n1)c1cnc(-c2ccc(Cl)cc2)s1. The molecule has 31 heavy (non-hydrogen) atoms. The summed E-state index contributed by atoms with van der Waals surface area (Å²) in [5.74, 6) is -2.13. The predicted molar refractivity (Wildman–Crippen MR) is 118 cm³/mol. The van der Waals surface area contributed by atoms with Crippen molar-refractivity contribution >= 4 is 34.8 Å². The van der Waals surface area contributed by atoms with E-state index in [4.69, 9.17) is 11.6 Å². The summed E-state index contributed by atoms with van der Waals surface area (Å²) >= 11 is 7.46. The number of carbonyl (C=O) groups excluding carboxylic acids is 1. The molecule has 1 amide bonds. The van der Waals surface area contributed by atoms with E-state index in [1.54, 1.807) is 13.1 Å². The third-order valence-electron chi connectivity index (χ3n) is 5.30. The monoisotopic (exact) mass is 461 g/mol. The number of benzene rings is 1. The molecule has 10 heteroatoms. The van der Waals surface area contributed by atoms with Gasteiger partial charge in [0.25, 0.3) is 0 Å². The second-order valence-corrected chi connectivity index (χ2v) is 8.99. The molecule has 0 saturated carbocycles. The molecular weight excluding hydrogens is 441 g/mol. The molecule has 3 N–H and O–H groups in total. The largest absolute Gasteiger partial charge is 0.393 e. The number of anilines is 1. The van der Waals surface area contributed by atoms with Gasteiger partial charge in [-0.15, -0.1) is 11.3 Å². The second kappa shape index (κ2) is 8.86. The number of hydrogen-bond acceptors (Lipinski definition) is 7. The van der Waals surface area contributed by atoms with Crippen molar-refractivity contribution in [3.63, 3.8) is 0 Å². The number of nitrogens with zero attached hydrogens (tertiary/aromatic N) is 3. The summed E-state index contributed by atoms with van der Waals surface area (Å²) in [7, 11) is 0. The Kier molecular flexibility index (Phi) is 6.17. The van der Waals surface area contributed by atoms with E-state index in [2.05, 4.69) is 25.6 Å². The van der Waals surface area contributed by atoms with Crippen LogP contribution >= 0.6 is 22.9 Å². The van der Waals surface area contributed by atoms with Crippen molar-refractivity contribution in [2.75, 3.05) is 11.9 Å². The van der Waals surface area contributed by atoms with Crippen molar-refractivity contribution in [2.24, 2.45) is 5.92 Å². The van der Waals surface area contributed by atoms with Crippen molar-refractivity contribution in [3.8, 4) is 10.6 Å². The van der Waals surface area contributed by atoms with Crippen LogP contribution in [-0.4, -0.2) is 38.6 Å². The Morgan fingerprint density at radius 2 is 2.00 bits per heavy atom. The summed E-state index contributed by atoms with van der Waals surface area (Å²) in [5, 5.41) is 17.3. The van der Waals surface area contributed by atoms with Gasteiger partial charge in [-0.3, -0.25) is 4.79 Å². The number of halogens is 2. The molecule has 0 bridgehead atoms. The fraction of sp³-hybridized carbons (Fsp3) is 0.333. The van der Waals surface area contributed by atoms with Crippen molar-refractivity contribution < 1.29 is 14.3 Å². The Labute approximate surface area is 187 Å². The van der Waals surface area contributed by atoms with Crippen LogP contribution in [0.15, 0.2) is 36.7 Å². The summed E-state index contributed by atoms with van der Waals surface area (Å²) in [6.07, 6.45) is 2.04. The van der Waals surface area contributed by atoms with E-state index >= 15 is 0 Å². The smallest absolute Gasteiger partial charge is 0.229 e. The zero-order chi connectivity index (χ0) is 22.1. The zero-order valence-electron chi connectivity index (χ0n) is 16.8. The Balaban J connectivity index is 1.54. The van der Waals surface area contributed by atoms with Gasteiger partial charge in [0.1, 0.15) is 5.01 Å². The van der Waals surface area contributed by atoms with Crippen LogP contribution in [0.1, 0.15) is 36.4 Å². The maximum Gasteiger partial charge on any atom is 0.229 e. The molecule has 4 rings (SSSR count). The van der Waals surface area contributed by atoms with Crippen molar-refractivity contribution in [3.05, 3.63) is 58.1 Å². The van der Waals surface area contributed by atoms with Crippen LogP contribution in [-0.2, 0) is 4.79 Å². The highest BCUT2D eigenvalue weighted by molar-refractivity contribution is 7.15. The van der Waals surface area contributed by atoms with Gasteiger partial charge in [-0.2, -0.15) is 0 Å². The molecule has 1 unspecified atom stereocenters. The van der Waals surface area contributed by atoms with Crippen LogP contribution in [0, 0.1) is 11.7 Å². The number of aliphatic hydroxyl groups is 1. The number of thiazole rings is 1. The Bertz CT molecular complexity index is 1090. The maximum atomic E-state index is 14.5. The first kappa shape index (κ1) is 21.6. The Morgan fingerprint density at radius 1 is 1.26 bits per heavy atom. The number of hydrogen-bond donors (Lipinski definition) is 3. The van der Waals surface area contributed by atoms with E-state index in [-0.39, 0.29) is 30.1 Å². The minimum atomic E-state index is -0.862. The first-order chi connectivity index (χ1) is 14.8. The van der Waals surface area contributed by atoms with Crippen molar-refractivity contribution in [1.82, 2.24) is 20.3 Å². The number of aromatic nitrogens is 3. The summed E-state index contributed by atoms with van der Waals surface area (Å²) in [4.78, 5) is 26.0. The number of aliphatic hydroxyl groups excluding tert-OH is 1. The summed E-state index contributed by atoms with van der Waals surface area (Å²) in [6.45, 7) is 3.78. The lowest BCUT2D eigenvalue weighted by Gasteiger charge is -2.20. The van der Waals surface area contributed by atoms with Crippen LogP contribution in [0.25, 0.3) is 10.6 Å². The zero-order valence-corrected chi connectivity index (χ0v) is 18.4. The molecule has 3 heterocycles. The van der Waals surface area contributed by atoms with Gasteiger partial charge >= 0.3 is 0 Å². The maximum absolute atomic E-state index is 14.5. The Hall–Kier alpha value is -2.62. The third kappa shape index (κ3) is 4.53. The molecular formula is C21H21ClFN5O2S. The standard InChI is InChI=1S/C21H21ClFN5O2S/c1-10(16-9-25-20(31-16)12-3-5-13(22)6-4-12)27-21-26-8-15(23)18(28-21)17-14(11(2)29)7-24-19(17)30/h3-6,8-11,14,17,29H,7H2,1-2H3,(H,24,30)(H,26,27,28)/t10-,11+,14?,17+/m0/s1. The highest BCUT2D eigenvalue weighted by atomic mass is 35.5. The quantitative estimate of drug-likeness (QED) is 0.516. The molecule has 7 nitrogen and oxygen atoms in total. The molecule has 1 aromatic carbocycles. The minimum Gasteiger partial charge on any atom is -0.393 e. The van der Waals surface area contributed by atoms with Gasteiger partial charge in [-0.1, -0.05) is 23.7 Å². The highest BCUT2D eigenvalue weighted by Gasteiger charge is 2.41. The lowest BCUT2D eigenvalue weighted by Crippen LogP contribution is -2.26. The van der Waals surface area contributed by atoms with Crippen molar-refractivity contribution in [2.45, 2.75) is 31.9 Å². The molecule has 4 atom stereocenters. The fourth-order valence-corrected chi connectivity index (χ4v) is 4.61. The molecule has 162 valence electrons. The molecule has 0 radical (unpaired) electrons. The first-order valence-electron chi connectivity index (χ1n) is 9.80. The molecule has 1 aliphatic rings. The van der Waals surface area contributed by atoms with E-state index in [1.807, 2.05) is 31.2 Å². The normalized spacial score (nSPS) is 20.4. The number of rotatable bonds is 6. The van der Waals surface area contributed by atoms with Gasteiger partial charge in [0.2, 0.25) is 11.9 Å². The van der Waals surface area contributed by atoms with Crippen LogP contribution < -0.4 is 10.6 Å². The summed E-state index contributed by atoms with van der Waals surface area (Å²) in [5.41, 5.74) is 0.946. The molecule has 1 aliphatic heterocycles. The van der Waals surface area contributed by atoms with E-state index in [0.29, 0.717) is 5.02 Å². The average molecular weight is 462 g/mol. The summed E-state index contributed by atoms with van der Waals surface area (Å²) in [6, 6.07) is 7.25. The molecule has 0 spiro atoms. The van der Waals surface area contributed by atoms with Crippen molar-refractivity contribution in [1.29, 1.82) is 0 Å². The second-order valence-electron chi connectivity index (χ2n) is 7.49.